The molecule has 106 valence electrons. The first kappa shape index (κ1) is 14.9. The van der Waals surface area contributed by atoms with Crippen LogP contribution in [0.1, 0.15) is 15.2 Å². The van der Waals surface area contributed by atoms with Gasteiger partial charge in [-0.05, 0) is 29.6 Å². The second kappa shape index (κ2) is 5.88. The number of ketones is 1. The van der Waals surface area contributed by atoms with Crippen molar-refractivity contribution in [1.29, 1.82) is 0 Å². The van der Waals surface area contributed by atoms with Crippen LogP contribution in [0.3, 0.4) is 0 Å². The molecule has 0 bridgehead atoms. The molecule has 1 aromatic heterocycles. The van der Waals surface area contributed by atoms with Crippen LogP contribution >= 0.6 is 11.3 Å². The molecule has 2 aromatic rings. The lowest BCUT2D eigenvalue weighted by Crippen LogP contribution is -2.11. The van der Waals surface area contributed by atoms with Crippen LogP contribution in [-0.4, -0.2) is 15.7 Å². The maximum Gasteiger partial charge on any atom is 0.416 e. The van der Waals surface area contributed by atoms with Gasteiger partial charge < -0.3 is 0 Å². The lowest BCUT2D eigenvalue weighted by Gasteiger charge is -2.08. The number of alkyl halides is 3. The van der Waals surface area contributed by atoms with E-state index in [9.17, 15) is 22.2 Å². The number of hydrogen-bond acceptors (Lipinski definition) is 3. The van der Waals surface area contributed by atoms with Gasteiger partial charge in [0.1, 0.15) is 0 Å². The van der Waals surface area contributed by atoms with Crippen molar-refractivity contribution in [3.05, 3.63) is 52.2 Å². The van der Waals surface area contributed by atoms with Gasteiger partial charge in [0.25, 0.3) is 0 Å². The average Bonchev–Trinajstić information content (AvgIpc) is 2.91. The Labute approximate surface area is 119 Å². The van der Waals surface area contributed by atoms with Crippen molar-refractivity contribution in [2.45, 2.75) is 11.1 Å². The van der Waals surface area contributed by atoms with Gasteiger partial charge in [-0.25, -0.2) is 0 Å². The Kier molecular flexibility index (Phi) is 4.39. The van der Waals surface area contributed by atoms with E-state index in [2.05, 4.69) is 0 Å². The normalized spacial score (nSPS) is 13.2. The van der Waals surface area contributed by atoms with Crippen LogP contribution in [0.5, 0.6) is 0 Å². The SMILES string of the molecule is O=C(CS(=O)c1cccc(C(F)(F)F)c1)c1cccs1. The van der Waals surface area contributed by atoms with Crippen molar-refractivity contribution in [1.82, 2.24) is 0 Å². The van der Waals surface area contributed by atoms with E-state index in [1.165, 1.54) is 23.5 Å². The minimum absolute atomic E-state index is 0.00438. The molecule has 0 saturated heterocycles. The Balaban J connectivity index is 2.16. The fraction of sp³-hybridized carbons (Fsp3) is 0.154. The first-order valence-corrected chi connectivity index (χ1v) is 7.70. The zero-order valence-corrected chi connectivity index (χ0v) is 11.6. The topological polar surface area (TPSA) is 34.1 Å². The zero-order valence-electron chi connectivity index (χ0n) is 10.0. The van der Waals surface area contributed by atoms with Crippen LogP contribution in [0.25, 0.3) is 0 Å². The summed E-state index contributed by atoms with van der Waals surface area (Å²) in [6, 6.07) is 7.51. The Morgan fingerprint density at radius 1 is 1.20 bits per heavy atom. The van der Waals surface area contributed by atoms with Crippen molar-refractivity contribution < 1.29 is 22.2 Å². The number of hydrogen-bond donors (Lipinski definition) is 0. The molecule has 1 unspecified atom stereocenters. The highest BCUT2D eigenvalue weighted by Crippen LogP contribution is 2.30. The number of rotatable bonds is 4. The fourth-order valence-corrected chi connectivity index (χ4v) is 3.33. The van der Waals surface area contributed by atoms with Crippen LogP contribution < -0.4 is 0 Å². The Morgan fingerprint density at radius 3 is 2.55 bits per heavy atom. The van der Waals surface area contributed by atoms with Gasteiger partial charge in [-0.15, -0.1) is 11.3 Å². The van der Waals surface area contributed by atoms with E-state index in [-0.39, 0.29) is 16.4 Å². The lowest BCUT2D eigenvalue weighted by atomic mass is 10.2. The first-order chi connectivity index (χ1) is 9.38. The molecular weight excluding hydrogens is 309 g/mol. The van der Waals surface area contributed by atoms with Crippen molar-refractivity contribution >= 4 is 27.9 Å². The number of benzene rings is 1. The molecule has 0 fully saturated rings. The maximum atomic E-state index is 12.6. The fourth-order valence-electron chi connectivity index (χ4n) is 1.52. The van der Waals surface area contributed by atoms with E-state index < -0.39 is 22.5 Å². The molecule has 2 rings (SSSR count). The predicted molar refractivity (Wildman–Crippen MR) is 71.4 cm³/mol. The highest BCUT2D eigenvalue weighted by molar-refractivity contribution is 7.85. The van der Waals surface area contributed by atoms with E-state index in [0.717, 1.165) is 12.1 Å². The summed E-state index contributed by atoms with van der Waals surface area (Å²) in [5.41, 5.74) is -0.869. The van der Waals surface area contributed by atoms with E-state index in [0.29, 0.717) is 4.88 Å². The highest BCUT2D eigenvalue weighted by Gasteiger charge is 2.30. The highest BCUT2D eigenvalue weighted by atomic mass is 32.2. The number of carbonyl (C=O) groups excluding carboxylic acids is 1. The van der Waals surface area contributed by atoms with Gasteiger partial charge in [-0.1, -0.05) is 12.1 Å². The number of carbonyl (C=O) groups is 1. The van der Waals surface area contributed by atoms with Crippen molar-refractivity contribution in [2.75, 3.05) is 5.75 Å². The van der Waals surface area contributed by atoms with Gasteiger partial charge in [-0.3, -0.25) is 9.00 Å². The second-order valence-corrected chi connectivity index (χ2v) is 6.31. The molecule has 0 saturated carbocycles. The summed E-state index contributed by atoms with van der Waals surface area (Å²) in [6.07, 6.45) is -4.49. The summed E-state index contributed by atoms with van der Waals surface area (Å²) in [6.45, 7) is 0. The third kappa shape index (κ3) is 3.55. The van der Waals surface area contributed by atoms with Gasteiger partial charge in [-0.2, -0.15) is 13.2 Å². The summed E-state index contributed by atoms with van der Waals surface area (Å²) in [5, 5.41) is 1.71. The molecular formula is C13H9F3O2S2. The number of thiophene rings is 1. The molecule has 0 radical (unpaired) electrons. The molecule has 0 aliphatic rings. The van der Waals surface area contributed by atoms with E-state index in [4.69, 9.17) is 0 Å². The van der Waals surface area contributed by atoms with Crippen LogP contribution in [0.2, 0.25) is 0 Å². The zero-order chi connectivity index (χ0) is 14.8. The number of Topliss-reactive ketones (excluding diaryl/α,β-unsaturated/α-hetero) is 1. The standard InChI is InChI=1S/C13H9F3O2S2/c14-13(15,16)9-3-1-4-10(7-9)20(18)8-11(17)12-5-2-6-19-12/h1-7H,8H2. The molecule has 1 atom stereocenters. The smallest absolute Gasteiger partial charge is 0.292 e. The van der Waals surface area contributed by atoms with Gasteiger partial charge in [0.05, 0.1) is 27.0 Å². The quantitative estimate of drug-likeness (QED) is 0.805. The van der Waals surface area contributed by atoms with Crippen LogP contribution in [-0.2, 0) is 17.0 Å². The lowest BCUT2D eigenvalue weighted by molar-refractivity contribution is -0.137. The van der Waals surface area contributed by atoms with E-state index in [1.807, 2.05) is 0 Å². The van der Waals surface area contributed by atoms with Gasteiger partial charge >= 0.3 is 6.18 Å². The largest absolute Gasteiger partial charge is 0.416 e. The molecule has 0 N–H and O–H groups in total. The van der Waals surface area contributed by atoms with Gasteiger partial charge in [0.2, 0.25) is 0 Å². The van der Waals surface area contributed by atoms with E-state index >= 15 is 0 Å². The number of halogens is 3. The van der Waals surface area contributed by atoms with Gasteiger partial charge in [0.15, 0.2) is 5.78 Å². The summed E-state index contributed by atoms with van der Waals surface area (Å²) in [4.78, 5) is 12.2. The second-order valence-electron chi connectivity index (χ2n) is 3.92. The van der Waals surface area contributed by atoms with Crippen LogP contribution in [0.15, 0.2) is 46.7 Å². The molecule has 0 amide bonds. The first-order valence-electron chi connectivity index (χ1n) is 5.50. The summed E-state index contributed by atoms with van der Waals surface area (Å²) >= 11 is 1.21. The molecule has 0 aliphatic carbocycles. The Hall–Kier alpha value is -1.47. The molecule has 2 nitrogen and oxygen atoms in total. The molecule has 1 heterocycles. The molecule has 0 aliphatic heterocycles. The molecule has 1 aromatic carbocycles. The monoisotopic (exact) mass is 318 g/mol. The van der Waals surface area contributed by atoms with Crippen molar-refractivity contribution in [3.63, 3.8) is 0 Å². The van der Waals surface area contributed by atoms with Crippen LogP contribution in [0, 0.1) is 0 Å². The molecule has 20 heavy (non-hydrogen) atoms. The minimum atomic E-state index is -4.49. The summed E-state index contributed by atoms with van der Waals surface area (Å²) < 4.78 is 49.6. The predicted octanol–water partition coefficient (Wildman–Crippen LogP) is 3.76. The van der Waals surface area contributed by atoms with E-state index in [1.54, 1.807) is 17.5 Å². The summed E-state index contributed by atoms with van der Waals surface area (Å²) in [5.74, 6) is -0.655. The maximum absolute atomic E-state index is 12.6. The van der Waals surface area contributed by atoms with Crippen molar-refractivity contribution in [3.8, 4) is 0 Å². The van der Waals surface area contributed by atoms with Crippen molar-refractivity contribution in [2.24, 2.45) is 0 Å². The summed E-state index contributed by atoms with van der Waals surface area (Å²) in [7, 11) is -1.79. The Bertz CT molecular complexity index is 633. The third-order valence-electron chi connectivity index (χ3n) is 2.48. The average molecular weight is 318 g/mol. The molecule has 0 spiro atoms. The third-order valence-corrected chi connectivity index (χ3v) is 4.70. The Morgan fingerprint density at radius 2 is 1.95 bits per heavy atom. The van der Waals surface area contributed by atoms with Crippen LogP contribution in [0.4, 0.5) is 13.2 Å². The van der Waals surface area contributed by atoms with Gasteiger partial charge in [0, 0.05) is 4.90 Å². The minimum Gasteiger partial charge on any atom is -0.292 e. The molecule has 7 heteroatoms.